The fraction of sp³-hybridized carbons (Fsp3) is 0.533. The highest BCUT2D eigenvalue weighted by Crippen LogP contribution is 2.43. The van der Waals surface area contributed by atoms with Crippen molar-refractivity contribution in [2.45, 2.75) is 103 Å². The van der Waals surface area contributed by atoms with E-state index in [2.05, 4.69) is 13.8 Å². The van der Waals surface area contributed by atoms with E-state index in [1.54, 1.807) is 24.3 Å². The molecule has 6 heteroatoms. The van der Waals surface area contributed by atoms with Crippen molar-refractivity contribution in [3.63, 3.8) is 0 Å². The van der Waals surface area contributed by atoms with Crippen molar-refractivity contribution in [2.75, 3.05) is 0 Å². The lowest BCUT2D eigenvalue weighted by Crippen LogP contribution is -2.56. The van der Waals surface area contributed by atoms with Crippen LogP contribution >= 0.6 is 0 Å². The second kappa shape index (κ2) is 13.0. The topological polar surface area (TPSA) is 71.1 Å². The molecule has 196 valence electrons. The van der Waals surface area contributed by atoms with Crippen molar-refractivity contribution in [1.29, 1.82) is 0 Å². The third kappa shape index (κ3) is 7.17. The number of aryl methyl sites for hydroxylation is 2. The van der Waals surface area contributed by atoms with Crippen molar-refractivity contribution in [3.05, 3.63) is 70.8 Å². The summed E-state index contributed by atoms with van der Waals surface area (Å²) in [5.74, 6) is -1.13. The normalized spacial score (nSPS) is 21.7. The average Bonchev–Trinajstić information content (AvgIpc) is 2.90. The molecule has 0 heterocycles. The first kappa shape index (κ1) is 27.9. The second-order valence-corrected chi connectivity index (χ2v) is 10.2. The van der Waals surface area contributed by atoms with Gasteiger partial charge in [-0.15, -0.1) is 0 Å². The minimum Gasteiger partial charge on any atom is -0.292 e. The van der Waals surface area contributed by atoms with Crippen molar-refractivity contribution in [1.82, 2.24) is 0 Å². The molecule has 0 aliphatic heterocycles. The summed E-state index contributed by atoms with van der Waals surface area (Å²) in [4.78, 5) is 47.2. The number of carbonyl (C=O) groups is 2. The molecule has 0 aromatic heterocycles. The molecule has 0 spiro atoms. The van der Waals surface area contributed by atoms with Crippen LogP contribution in [-0.4, -0.2) is 23.1 Å². The maximum absolute atomic E-state index is 12.6. The zero-order valence-corrected chi connectivity index (χ0v) is 22.1. The quantitative estimate of drug-likeness (QED) is 0.226. The number of carbonyl (C=O) groups excluding carboxylic acids is 2. The Morgan fingerprint density at radius 3 is 1.36 bits per heavy atom. The van der Waals surface area contributed by atoms with Crippen LogP contribution in [0.25, 0.3) is 0 Å². The Morgan fingerprint density at radius 2 is 1.03 bits per heavy atom. The van der Waals surface area contributed by atoms with Gasteiger partial charge in [0.1, 0.15) is 11.2 Å². The highest BCUT2D eigenvalue weighted by atomic mass is 17.2. The number of hydrogen-bond donors (Lipinski definition) is 0. The largest absolute Gasteiger partial charge is 0.373 e. The summed E-state index contributed by atoms with van der Waals surface area (Å²) in [5.41, 5.74) is 1.26. The number of rotatable bonds is 12. The molecule has 36 heavy (non-hydrogen) atoms. The van der Waals surface area contributed by atoms with Crippen LogP contribution in [0, 0.1) is 0 Å². The van der Waals surface area contributed by atoms with Gasteiger partial charge in [-0.2, -0.15) is 9.78 Å². The van der Waals surface area contributed by atoms with E-state index >= 15 is 0 Å². The van der Waals surface area contributed by atoms with E-state index in [1.165, 1.54) is 11.1 Å². The van der Waals surface area contributed by atoms with Gasteiger partial charge in [-0.25, -0.2) is 9.59 Å². The molecule has 0 bridgehead atoms. The maximum Gasteiger partial charge on any atom is 0.373 e. The predicted octanol–water partition coefficient (Wildman–Crippen LogP) is 7.34. The number of benzene rings is 2. The lowest BCUT2D eigenvalue weighted by atomic mass is 9.74. The molecule has 0 saturated heterocycles. The molecule has 2 aromatic rings. The predicted molar refractivity (Wildman–Crippen MR) is 138 cm³/mol. The molecule has 1 fully saturated rings. The fourth-order valence-corrected chi connectivity index (χ4v) is 4.45. The number of unbranched alkanes of at least 4 members (excludes halogenated alkanes) is 2. The van der Waals surface area contributed by atoms with Gasteiger partial charge in [0, 0.05) is 0 Å². The van der Waals surface area contributed by atoms with Crippen molar-refractivity contribution in [2.24, 2.45) is 0 Å². The van der Waals surface area contributed by atoms with Gasteiger partial charge in [-0.3, -0.25) is 9.78 Å². The van der Waals surface area contributed by atoms with Gasteiger partial charge in [0.15, 0.2) is 0 Å². The first-order valence-electron chi connectivity index (χ1n) is 13.3. The van der Waals surface area contributed by atoms with E-state index in [1.807, 2.05) is 38.1 Å². The third-order valence-corrected chi connectivity index (χ3v) is 7.30. The van der Waals surface area contributed by atoms with Gasteiger partial charge in [-0.05, 0) is 87.8 Å². The molecule has 2 unspecified atom stereocenters. The zero-order chi connectivity index (χ0) is 26.0. The SMILES string of the molecule is CCCCc1ccc(C(=O)OOC2(C)CCCCC2(C)OOC(=O)c2ccc(CCCC)cc2)cc1. The Kier molecular flexibility index (Phi) is 10.1. The molecular weight excluding hydrogens is 456 g/mol. The minimum absolute atomic E-state index is 0.422. The zero-order valence-electron chi connectivity index (χ0n) is 22.1. The van der Waals surface area contributed by atoms with Gasteiger partial charge in [0.2, 0.25) is 0 Å². The lowest BCUT2D eigenvalue weighted by molar-refractivity contribution is -0.418. The average molecular weight is 497 g/mol. The Balaban J connectivity index is 1.58. The van der Waals surface area contributed by atoms with Crippen LogP contribution < -0.4 is 0 Å². The van der Waals surface area contributed by atoms with E-state index in [-0.39, 0.29) is 0 Å². The van der Waals surface area contributed by atoms with Crippen LogP contribution in [0.1, 0.15) is 111 Å². The van der Waals surface area contributed by atoms with E-state index in [9.17, 15) is 9.59 Å². The Bertz CT molecular complexity index is 902. The molecule has 2 atom stereocenters. The molecule has 1 aliphatic rings. The van der Waals surface area contributed by atoms with Crippen LogP contribution in [-0.2, 0) is 32.4 Å². The van der Waals surface area contributed by atoms with E-state index in [0.29, 0.717) is 24.0 Å². The van der Waals surface area contributed by atoms with Crippen LogP contribution in [0.15, 0.2) is 48.5 Å². The van der Waals surface area contributed by atoms with Crippen molar-refractivity contribution >= 4 is 11.9 Å². The van der Waals surface area contributed by atoms with Crippen molar-refractivity contribution in [3.8, 4) is 0 Å². The summed E-state index contributed by atoms with van der Waals surface area (Å²) in [5, 5.41) is 0. The molecule has 6 nitrogen and oxygen atoms in total. The summed E-state index contributed by atoms with van der Waals surface area (Å²) in [6, 6.07) is 14.8. The molecular formula is C30H40O6. The van der Waals surface area contributed by atoms with E-state index in [0.717, 1.165) is 51.4 Å². The number of hydrogen-bond acceptors (Lipinski definition) is 6. The van der Waals surface area contributed by atoms with Gasteiger partial charge >= 0.3 is 11.9 Å². The molecule has 1 saturated carbocycles. The van der Waals surface area contributed by atoms with Gasteiger partial charge in [0.05, 0.1) is 11.1 Å². The molecule has 0 radical (unpaired) electrons. The standard InChI is InChI=1S/C30H40O6/c1-5-7-11-23-13-17-25(18-14-23)27(31)33-35-29(3)21-9-10-22-30(29,4)36-34-28(32)26-19-15-24(16-20-26)12-8-6-2/h13-20H,5-12,21-22H2,1-4H3. The van der Waals surface area contributed by atoms with Crippen LogP contribution in [0.3, 0.4) is 0 Å². The van der Waals surface area contributed by atoms with E-state index < -0.39 is 23.1 Å². The first-order valence-corrected chi connectivity index (χ1v) is 13.3. The summed E-state index contributed by atoms with van der Waals surface area (Å²) in [6.07, 6.45) is 9.38. The maximum atomic E-state index is 12.6. The first-order chi connectivity index (χ1) is 17.3. The van der Waals surface area contributed by atoms with Crippen LogP contribution in [0.2, 0.25) is 0 Å². The lowest BCUT2D eigenvalue weighted by Gasteiger charge is -2.45. The summed E-state index contributed by atoms with van der Waals surface area (Å²) < 4.78 is 0. The van der Waals surface area contributed by atoms with Gasteiger partial charge in [-0.1, -0.05) is 63.8 Å². The van der Waals surface area contributed by atoms with Gasteiger partial charge in [0.25, 0.3) is 0 Å². The van der Waals surface area contributed by atoms with Crippen LogP contribution in [0.4, 0.5) is 0 Å². The second-order valence-electron chi connectivity index (χ2n) is 10.2. The molecule has 0 amide bonds. The molecule has 2 aromatic carbocycles. The summed E-state index contributed by atoms with van der Waals surface area (Å²) >= 11 is 0. The van der Waals surface area contributed by atoms with Crippen LogP contribution in [0.5, 0.6) is 0 Å². The molecule has 3 rings (SSSR count). The third-order valence-electron chi connectivity index (χ3n) is 7.30. The summed E-state index contributed by atoms with van der Waals surface area (Å²) in [6.45, 7) is 7.95. The smallest absolute Gasteiger partial charge is 0.292 e. The highest BCUT2D eigenvalue weighted by Gasteiger charge is 2.53. The minimum atomic E-state index is -0.980. The molecule has 1 aliphatic carbocycles. The molecule has 0 N–H and O–H groups in total. The summed E-state index contributed by atoms with van der Waals surface area (Å²) in [7, 11) is 0. The highest BCUT2D eigenvalue weighted by molar-refractivity contribution is 5.89. The Hall–Kier alpha value is -2.70. The Morgan fingerprint density at radius 1 is 0.667 bits per heavy atom. The van der Waals surface area contributed by atoms with E-state index in [4.69, 9.17) is 19.6 Å². The fourth-order valence-electron chi connectivity index (χ4n) is 4.45. The van der Waals surface area contributed by atoms with Gasteiger partial charge < -0.3 is 0 Å². The Labute approximate surface area is 215 Å². The van der Waals surface area contributed by atoms with Crippen molar-refractivity contribution < 1.29 is 29.1 Å². The monoisotopic (exact) mass is 496 g/mol.